The molecule has 1 saturated heterocycles. The Kier molecular flexibility index (Phi) is 5.74. The molecule has 1 aromatic rings. The molecule has 2 aliphatic rings. The molecule has 5 nitrogen and oxygen atoms in total. The molecule has 2 amide bonds. The summed E-state index contributed by atoms with van der Waals surface area (Å²) in [5.74, 6) is 0.204. The summed E-state index contributed by atoms with van der Waals surface area (Å²) in [4.78, 5) is 28.4. The van der Waals surface area contributed by atoms with Gasteiger partial charge in [-0.1, -0.05) is 30.3 Å². The molecular weight excluding hydrogens is 314 g/mol. The van der Waals surface area contributed by atoms with Crippen molar-refractivity contribution in [1.29, 1.82) is 0 Å². The average molecular weight is 343 g/mol. The molecule has 1 saturated carbocycles. The number of piperidine rings is 1. The molecule has 0 unspecified atom stereocenters. The van der Waals surface area contributed by atoms with Crippen molar-refractivity contribution in [2.45, 2.75) is 51.2 Å². The number of nitrogens with zero attached hydrogens (tertiary/aromatic N) is 2. The molecule has 25 heavy (non-hydrogen) atoms. The number of benzene rings is 1. The van der Waals surface area contributed by atoms with Gasteiger partial charge in [-0.3, -0.25) is 14.5 Å². The van der Waals surface area contributed by atoms with Crippen LogP contribution in [0.3, 0.4) is 0 Å². The summed E-state index contributed by atoms with van der Waals surface area (Å²) in [5, 5.41) is 2.78. The Morgan fingerprint density at radius 1 is 1.20 bits per heavy atom. The molecule has 1 aliphatic heterocycles. The Labute approximate surface area is 150 Å². The maximum absolute atomic E-state index is 12.4. The van der Waals surface area contributed by atoms with Gasteiger partial charge in [0.05, 0.1) is 6.54 Å². The van der Waals surface area contributed by atoms with E-state index in [2.05, 4.69) is 41.4 Å². The second-order valence-electron chi connectivity index (χ2n) is 7.48. The van der Waals surface area contributed by atoms with E-state index < -0.39 is 0 Å². The summed E-state index contributed by atoms with van der Waals surface area (Å²) in [6.45, 7) is 4.32. The van der Waals surface area contributed by atoms with Crippen molar-refractivity contribution in [1.82, 2.24) is 15.1 Å². The number of carbonyl (C=O) groups excluding carboxylic acids is 2. The molecule has 1 N–H and O–H groups in total. The molecule has 2 atom stereocenters. The van der Waals surface area contributed by atoms with Crippen molar-refractivity contribution >= 4 is 11.8 Å². The van der Waals surface area contributed by atoms with Crippen molar-refractivity contribution in [2.24, 2.45) is 5.92 Å². The second-order valence-corrected chi connectivity index (χ2v) is 7.48. The van der Waals surface area contributed by atoms with Gasteiger partial charge in [0.1, 0.15) is 0 Å². The van der Waals surface area contributed by atoms with Crippen molar-refractivity contribution in [2.75, 3.05) is 20.1 Å². The first-order valence-corrected chi connectivity index (χ1v) is 9.36. The first-order valence-electron chi connectivity index (χ1n) is 9.36. The van der Waals surface area contributed by atoms with Gasteiger partial charge < -0.3 is 10.2 Å². The zero-order valence-corrected chi connectivity index (χ0v) is 15.3. The van der Waals surface area contributed by atoms with Crippen LogP contribution in [0.25, 0.3) is 0 Å². The third kappa shape index (κ3) is 4.82. The summed E-state index contributed by atoms with van der Waals surface area (Å²) >= 11 is 0. The molecule has 1 heterocycles. The number of likely N-dealkylation sites (tertiary alicyclic amines) is 1. The highest BCUT2D eigenvalue weighted by atomic mass is 16.2. The average Bonchev–Trinajstić information content (AvgIpc) is 3.46. The predicted molar refractivity (Wildman–Crippen MR) is 97.8 cm³/mol. The standard InChI is InChI=1S/C20H29N3O2/c1-15-12-18(10-11-23(15)14-16-6-4-3-5-7-16)22(2)19(24)13-21-20(25)17-8-9-17/h3-7,15,17-18H,8-14H2,1-2H3,(H,21,25)/t15-,18-/m1/s1. The minimum absolute atomic E-state index is 0.0164. The van der Waals surface area contributed by atoms with E-state index in [-0.39, 0.29) is 30.3 Å². The number of hydrogen-bond acceptors (Lipinski definition) is 3. The number of hydrogen-bond donors (Lipinski definition) is 1. The van der Waals surface area contributed by atoms with E-state index in [0.29, 0.717) is 6.04 Å². The topological polar surface area (TPSA) is 52.7 Å². The molecule has 0 aromatic heterocycles. The number of nitrogens with one attached hydrogen (secondary N) is 1. The maximum atomic E-state index is 12.4. The van der Waals surface area contributed by atoms with Gasteiger partial charge in [-0.25, -0.2) is 0 Å². The SMILES string of the molecule is C[C@@H]1C[C@H](N(C)C(=O)CNC(=O)C2CC2)CCN1Cc1ccccc1. The van der Waals surface area contributed by atoms with Gasteiger partial charge in [0.25, 0.3) is 0 Å². The summed E-state index contributed by atoms with van der Waals surface area (Å²) in [6.07, 6.45) is 3.89. The Morgan fingerprint density at radius 3 is 2.56 bits per heavy atom. The van der Waals surface area contributed by atoms with E-state index in [0.717, 1.165) is 38.8 Å². The maximum Gasteiger partial charge on any atom is 0.241 e. The molecule has 136 valence electrons. The van der Waals surface area contributed by atoms with Crippen LogP contribution in [0.5, 0.6) is 0 Å². The molecule has 2 fully saturated rings. The van der Waals surface area contributed by atoms with Crippen LogP contribution in [0.15, 0.2) is 30.3 Å². The molecule has 0 bridgehead atoms. The smallest absolute Gasteiger partial charge is 0.241 e. The number of rotatable bonds is 6. The lowest BCUT2D eigenvalue weighted by molar-refractivity contribution is -0.134. The van der Waals surface area contributed by atoms with Crippen LogP contribution in [0, 0.1) is 5.92 Å². The van der Waals surface area contributed by atoms with Crippen LogP contribution in [-0.2, 0) is 16.1 Å². The van der Waals surface area contributed by atoms with Crippen molar-refractivity contribution < 1.29 is 9.59 Å². The van der Waals surface area contributed by atoms with E-state index in [1.54, 1.807) is 0 Å². The molecule has 0 spiro atoms. The van der Waals surface area contributed by atoms with Crippen LogP contribution in [0.2, 0.25) is 0 Å². The van der Waals surface area contributed by atoms with Crippen LogP contribution in [0.1, 0.15) is 38.2 Å². The first-order chi connectivity index (χ1) is 12.0. The van der Waals surface area contributed by atoms with Crippen molar-refractivity contribution in [3.63, 3.8) is 0 Å². The van der Waals surface area contributed by atoms with Gasteiger partial charge >= 0.3 is 0 Å². The Bertz CT molecular complexity index is 600. The van der Waals surface area contributed by atoms with Gasteiger partial charge in [0, 0.05) is 38.1 Å². The van der Waals surface area contributed by atoms with Crippen molar-refractivity contribution in [3.8, 4) is 0 Å². The van der Waals surface area contributed by atoms with E-state index in [1.807, 2.05) is 18.0 Å². The Morgan fingerprint density at radius 2 is 1.92 bits per heavy atom. The molecule has 0 radical (unpaired) electrons. The van der Waals surface area contributed by atoms with E-state index >= 15 is 0 Å². The van der Waals surface area contributed by atoms with Gasteiger partial charge in [0.15, 0.2) is 0 Å². The minimum Gasteiger partial charge on any atom is -0.347 e. The van der Waals surface area contributed by atoms with E-state index in [1.165, 1.54) is 5.56 Å². The fourth-order valence-electron chi connectivity index (χ4n) is 3.58. The summed E-state index contributed by atoms with van der Waals surface area (Å²) in [6, 6.07) is 11.2. The molecule has 5 heteroatoms. The summed E-state index contributed by atoms with van der Waals surface area (Å²) < 4.78 is 0. The second kappa shape index (κ2) is 8.00. The highest BCUT2D eigenvalue weighted by Crippen LogP contribution is 2.28. The highest BCUT2D eigenvalue weighted by molar-refractivity contribution is 5.86. The third-order valence-corrected chi connectivity index (χ3v) is 5.52. The van der Waals surface area contributed by atoms with Crippen LogP contribution in [0.4, 0.5) is 0 Å². The minimum atomic E-state index is 0.0164. The Balaban J connectivity index is 1.46. The van der Waals surface area contributed by atoms with Crippen LogP contribution >= 0.6 is 0 Å². The normalized spacial score (nSPS) is 23.9. The summed E-state index contributed by atoms with van der Waals surface area (Å²) in [5.41, 5.74) is 1.33. The zero-order chi connectivity index (χ0) is 17.8. The lowest BCUT2D eigenvalue weighted by Crippen LogP contribution is -2.51. The van der Waals surface area contributed by atoms with E-state index in [9.17, 15) is 9.59 Å². The van der Waals surface area contributed by atoms with Crippen LogP contribution in [-0.4, -0.2) is 53.8 Å². The molecule has 1 aliphatic carbocycles. The number of amides is 2. The lowest BCUT2D eigenvalue weighted by atomic mass is 9.96. The monoisotopic (exact) mass is 343 g/mol. The Hall–Kier alpha value is -1.88. The fourth-order valence-corrected chi connectivity index (χ4v) is 3.58. The lowest BCUT2D eigenvalue weighted by Gasteiger charge is -2.41. The van der Waals surface area contributed by atoms with E-state index in [4.69, 9.17) is 0 Å². The zero-order valence-electron chi connectivity index (χ0n) is 15.3. The quantitative estimate of drug-likeness (QED) is 0.860. The molecule has 3 rings (SSSR count). The molecular formula is C20H29N3O2. The van der Waals surface area contributed by atoms with Crippen LogP contribution < -0.4 is 5.32 Å². The van der Waals surface area contributed by atoms with Crippen molar-refractivity contribution in [3.05, 3.63) is 35.9 Å². The highest BCUT2D eigenvalue weighted by Gasteiger charge is 2.32. The van der Waals surface area contributed by atoms with Gasteiger partial charge in [-0.2, -0.15) is 0 Å². The largest absolute Gasteiger partial charge is 0.347 e. The molecule has 1 aromatic carbocycles. The number of carbonyl (C=O) groups is 2. The van der Waals surface area contributed by atoms with Gasteiger partial charge in [0.2, 0.25) is 11.8 Å². The predicted octanol–water partition coefficient (Wildman–Crippen LogP) is 2.02. The third-order valence-electron chi connectivity index (χ3n) is 5.52. The number of likely N-dealkylation sites (N-methyl/N-ethyl adjacent to an activating group) is 1. The first kappa shape index (κ1) is 17.9. The fraction of sp³-hybridized carbons (Fsp3) is 0.600. The van der Waals surface area contributed by atoms with Gasteiger partial charge in [-0.15, -0.1) is 0 Å². The summed E-state index contributed by atoms with van der Waals surface area (Å²) in [7, 11) is 1.87. The van der Waals surface area contributed by atoms with Gasteiger partial charge in [-0.05, 0) is 38.2 Å².